The fraction of sp³-hybridized carbons (Fsp3) is 0.118. The van der Waals surface area contributed by atoms with Crippen molar-refractivity contribution in [3.05, 3.63) is 66.1 Å². The topological polar surface area (TPSA) is 80.9 Å². The van der Waals surface area contributed by atoms with Gasteiger partial charge < -0.3 is 11.1 Å². The van der Waals surface area contributed by atoms with Crippen LogP contribution >= 0.6 is 0 Å². The highest BCUT2D eigenvalue weighted by Crippen LogP contribution is 2.18. The van der Waals surface area contributed by atoms with Crippen molar-refractivity contribution in [3.8, 4) is 0 Å². The van der Waals surface area contributed by atoms with E-state index in [-0.39, 0.29) is 12.3 Å². The Hall–Kier alpha value is -2.95. The van der Waals surface area contributed by atoms with Gasteiger partial charge in [0.25, 0.3) is 0 Å². The quantitative estimate of drug-likeness (QED) is 0.721. The summed E-state index contributed by atoms with van der Waals surface area (Å²) in [7, 11) is 0. The second-order valence-electron chi connectivity index (χ2n) is 5.00. The Morgan fingerprint density at radius 3 is 2.77 bits per heavy atom. The third-order valence-corrected chi connectivity index (χ3v) is 3.34. The predicted molar refractivity (Wildman–Crippen MR) is 85.9 cm³/mol. The molecule has 1 amide bonds. The first-order valence-electron chi connectivity index (χ1n) is 7.03. The van der Waals surface area contributed by atoms with Gasteiger partial charge in [-0.1, -0.05) is 24.3 Å². The minimum atomic E-state index is -0.0907. The van der Waals surface area contributed by atoms with Crippen molar-refractivity contribution in [1.29, 1.82) is 0 Å². The summed E-state index contributed by atoms with van der Waals surface area (Å²) in [6, 6.07) is 15.0. The monoisotopic (exact) mass is 292 g/mol. The molecule has 0 atom stereocenters. The molecule has 0 bridgehead atoms. The molecule has 3 aromatic rings. The normalized spacial score (nSPS) is 10.5. The van der Waals surface area contributed by atoms with E-state index in [9.17, 15) is 4.79 Å². The third kappa shape index (κ3) is 3.20. The van der Waals surface area contributed by atoms with Crippen molar-refractivity contribution in [1.82, 2.24) is 15.3 Å². The molecule has 22 heavy (non-hydrogen) atoms. The van der Waals surface area contributed by atoms with E-state index in [2.05, 4.69) is 15.3 Å². The van der Waals surface area contributed by atoms with E-state index >= 15 is 0 Å². The summed E-state index contributed by atoms with van der Waals surface area (Å²) in [4.78, 5) is 20.6. The second kappa shape index (κ2) is 6.22. The number of benzene rings is 1. The Bertz CT molecular complexity index is 802. The average Bonchev–Trinajstić information content (AvgIpc) is 2.55. The van der Waals surface area contributed by atoms with Crippen molar-refractivity contribution >= 4 is 22.5 Å². The highest BCUT2D eigenvalue weighted by atomic mass is 16.1. The van der Waals surface area contributed by atoms with Crippen LogP contribution in [-0.4, -0.2) is 15.9 Å². The van der Waals surface area contributed by atoms with Gasteiger partial charge in [-0.2, -0.15) is 0 Å². The Morgan fingerprint density at radius 2 is 1.95 bits per heavy atom. The molecule has 0 aliphatic carbocycles. The van der Waals surface area contributed by atoms with Crippen molar-refractivity contribution in [2.45, 2.75) is 13.0 Å². The number of nitrogens with one attached hydrogen (secondary N) is 1. The van der Waals surface area contributed by atoms with E-state index < -0.39 is 0 Å². The second-order valence-corrected chi connectivity index (χ2v) is 5.00. The summed E-state index contributed by atoms with van der Waals surface area (Å²) < 4.78 is 0. The molecule has 0 saturated heterocycles. The van der Waals surface area contributed by atoms with Crippen LogP contribution in [-0.2, 0) is 17.8 Å². The van der Waals surface area contributed by atoms with Crippen molar-refractivity contribution < 1.29 is 4.79 Å². The maximum absolute atomic E-state index is 12.0. The Balaban J connectivity index is 1.67. The summed E-state index contributed by atoms with van der Waals surface area (Å²) in [5.74, 6) is -0.0907. The number of hydrogen-bond acceptors (Lipinski definition) is 4. The Morgan fingerprint density at radius 1 is 1.05 bits per heavy atom. The van der Waals surface area contributed by atoms with E-state index in [1.54, 1.807) is 12.3 Å². The molecule has 1 aromatic carbocycles. The molecule has 110 valence electrons. The number of nitrogens with two attached hydrogens (primary N) is 1. The summed E-state index contributed by atoms with van der Waals surface area (Å²) in [5.41, 5.74) is 8.80. The molecular formula is C17H16N4O. The van der Waals surface area contributed by atoms with E-state index in [0.717, 1.165) is 16.6 Å². The molecule has 0 saturated carbocycles. The number of para-hydroxylation sites is 1. The predicted octanol–water partition coefficient (Wildman–Crippen LogP) is 2.07. The number of carbonyl (C=O) groups excluding carboxylic acids is 1. The number of pyridine rings is 2. The van der Waals surface area contributed by atoms with Gasteiger partial charge in [0.05, 0.1) is 35.6 Å². The summed E-state index contributed by atoms with van der Waals surface area (Å²) >= 11 is 0. The first kappa shape index (κ1) is 14.0. The number of rotatable bonds is 4. The van der Waals surface area contributed by atoms with E-state index in [1.807, 2.05) is 42.5 Å². The summed E-state index contributed by atoms with van der Waals surface area (Å²) in [6.45, 7) is 0.412. The van der Waals surface area contributed by atoms with Crippen LogP contribution in [0.3, 0.4) is 0 Å². The van der Waals surface area contributed by atoms with Crippen LogP contribution in [0, 0.1) is 0 Å². The van der Waals surface area contributed by atoms with Gasteiger partial charge >= 0.3 is 0 Å². The molecule has 0 fully saturated rings. The van der Waals surface area contributed by atoms with Crippen molar-refractivity contribution in [2.24, 2.45) is 0 Å². The molecule has 5 nitrogen and oxygen atoms in total. The van der Waals surface area contributed by atoms with Crippen LogP contribution in [0.1, 0.15) is 11.4 Å². The number of nitrogens with zero attached hydrogens (tertiary/aromatic N) is 2. The number of aromatic nitrogens is 2. The molecule has 2 heterocycles. The highest BCUT2D eigenvalue weighted by molar-refractivity contribution is 5.89. The summed E-state index contributed by atoms with van der Waals surface area (Å²) in [6.07, 6.45) is 1.92. The number of hydrogen-bond donors (Lipinski definition) is 2. The van der Waals surface area contributed by atoms with Gasteiger partial charge in [-0.25, -0.2) is 0 Å². The fourth-order valence-corrected chi connectivity index (χ4v) is 2.23. The fourth-order valence-electron chi connectivity index (χ4n) is 2.23. The smallest absolute Gasteiger partial charge is 0.226 e. The summed E-state index contributed by atoms with van der Waals surface area (Å²) in [5, 5.41) is 3.81. The number of nitrogen functional groups attached to an aromatic ring is 1. The average molecular weight is 292 g/mol. The molecule has 0 unspecified atom stereocenters. The molecule has 0 radical (unpaired) electrons. The minimum absolute atomic E-state index is 0.0907. The zero-order valence-electron chi connectivity index (χ0n) is 12.0. The number of carbonyl (C=O) groups is 1. The molecule has 3 N–H and O–H groups in total. The first-order valence-corrected chi connectivity index (χ1v) is 7.03. The van der Waals surface area contributed by atoms with Crippen LogP contribution in [0.15, 0.2) is 54.7 Å². The van der Waals surface area contributed by atoms with Crippen LogP contribution in [0.2, 0.25) is 0 Å². The lowest BCUT2D eigenvalue weighted by molar-refractivity contribution is -0.120. The third-order valence-electron chi connectivity index (χ3n) is 3.34. The lowest BCUT2D eigenvalue weighted by Gasteiger charge is -2.06. The van der Waals surface area contributed by atoms with Gasteiger partial charge in [-0.05, 0) is 24.3 Å². The van der Waals surface area contributed by atoms with E-state index in [4.69, 9.17) is 5.73 Å². The lowest BCUT2D eigenvalue weighted by Crippen LogP contribution is -2.25. The van der Waals surface area contributed by atoms with Crippen LogP contribution in [0.5, 0.6) is 0 Å². The maximum Gasteiger partial charge on any atom is 0.226 e. The molecule has 0 aliphatic rings. The van der Waals surface area contributed by atoms with Gasteiger partial charge in [0.1, 0.15) is 0 Å². The highest BCUT2D eigenvalue weighted by Gasteiger charge is 2.07. The van der Waals surface area contributed by atoms with Crippen LogP contribution < -0.4 is 11.1 Å². The van der Waals surface area contributed by atoms with Gasteiger partial charge in [-0.3, -0.25) is 14.8 Å². The first-order chi connectivity index (χ1) is 10.7. The largest absolute Gasteiger partial charge is 0.397 e. The van der Waals surface area contributed by atoms with Crippen molar-refractivity contribution in [3.63, 3.8) is 0 Å². The van der Waals surface area contributed by atoms with Gasteiger partial charge in [0, 0.05) is 11.6 Å². The van der Waals surface area contributed by atoms with Crippen LogP contribution in [0.4, 0.5) is 5.69 Å². The standard InChI is InChI=1S/C17H16N4O/c18-15-6-3-4-12-7-8-13(21-17(12)15)10-16(22)20-11-14-5-1-2-9-19-14/h1-9H,10-11,18H2,(H,20,22). The maximum atomic E-state index is 12.0. The zero-order valence-corrected chi connectivity index (χ0v) is 12.0. The molecule has 2 aromatic heterocycles. The molecular weight excluding hydrogens is 276 g/mol. The number of amides is 1. The van der Waals surface area contributed by atoms with Gasteiger partial charge in [0.2, 0.25) is 5.91 Å². The molecule has 3 rings (SSSR count). The SMILES string of the molecule is Nc1cccc2ccc(CC(=O)NCc3ccccn3)nc12. The van der Waals surface area contributed by atoms with E-state index in [1.165, 1.54) is 0 Å². The number of fused-ring (bicyclic) bond motifs is 1. The molecule has 0 aliphatic heterocycles. The minimum Gasteiger partial charge on any atom is -0.397 e. The number of anilines is 1. The van der Waals surface area contributed by atoms with Gasteiger partial charge in [0.15, 0.2) is 0 Å². The lowest BCUT2D eigenvalue weighted by atomic mass is 10.1. The molecule has 0 spiro atoms. The molecule has 5 heteroatoms. The van der Waals surface area contributed by atoms with E-state index in [0.29, 0.717) is 17.9 Å². The zero-order chi connectivity index (χ0) is 15.4. The van der Waals surface area contributed by atoms with Gasteiger partial charge in [-0.15, -0.1) is 0 Å². The van der Waals surface area contributed by atoms with Crippen LogP contribution in [0.25, 0.3) is 10.9 Å². The Labute approximate surface area is 128 Å². The Kier molecular flexibility index (Phi) is 3.96. The van der Waals surface area contributed by atoms with Crippen molar-refractivity contribution in [2.75, 3.05) is 5.73 Å².